The smallest absolute Gasteiger partial charge is 0.261 e. The van der Waals surface area contributed by atoms with E-state index in [9.17, 15) is 15.0 Å². The third-order valence-electron chi connectivity index (χ3n) is 3.69. The Morgan fingerprint density at radius 2 is 2.10 bits per heavy atom. The second kappa shape index (κ2) is 5.57. The molecule has 1 aliphatic rings. The minimum Gasteiger partial charge on any atom is -0.506 e. The lowest BCUT2D eigenvalue weighted by atomic mass is 10.1. The molecule has 0 fully saturated rings. The molecule has 0 amide bonds. The minimum atomic E-state index is -0.387. The highest BCUT2D eigenvalue weighted by molar-refractivity contribution is 5.65. The molecule has 6 heteroatoms. The van der Waals surface area contributed by atoms with Crippen LogP contribution in [0, 0.1) is 0 Å². The van der Waals surface area contributed by atoms with Gasteiger partial charge in [0.15, 0.2) is 0 Å². The fourth-order valence-electron chi connectivity index (χ4n) is 2.57. The summed E-state index contributed by atoms with van der Waals surface area (Å²) in [6.07, 6.45) is 2.70. The highest BCUT2D eigenvalue weighted by atomic mass is 16.3. The number of para-hydroxylation sites is 2. The van der Waals surface area contributed by atoms with E-state index in [0.29, 0.717) is 18.1 Å². The Kier molecular flexibility index (Phi) is 3.62. The van der Waals surface area contributed by atoms with Gasteiger partial charge in [-0.2, -0.15) is 0 Å². The molecule has 110 valence electrons. The van der Waals surface area contributed by atoms with Crippen molar-refractivity contribution >= 4 is 11.5 Å². The SMILES string of the molecule is O=c1c(CO)c(Nc2ccccc2O)nc2n1CCCC2. The van der Waals surface area contributed by atoms with Crippen LogP contribution in [-0.4, -0.2) is 19.8 Å². The second-order valence-corrected chi connectivity index (χ2v) is 5.07. The number of benzene rings is 1. The molecule has 2 heterocycles. The fraction of sp³-hybridized carbons (Fsp3) is 0.333. The third kappa shape index (κ3) is 2.50. The first-order valence-corrected chi connectivity index (χ1v) is 6.99. The summed E-state index contributed by atoms with van der Waals surface area (Å²) >= 11 is 0. The zero-order chi connectivity index (χ0) is 14.8. The summed E-state index contributed by atoms with van der Waals surface area (Å²) in [6.45, 7) is 0.257. The average Bonchev–Trinajstić information content (AvgIpc) is 2.50. The number of nitrogens with zero attached hydrogens (tertiary/aromatic N) is 2. The van der Waals surface area contributed by atoms with E-state index in [2.05, 4.69) is 10.3 Å². The molecular weight excluding hydrogens is 270 g/mol. The minimum absolute atomic E-state index is 0.0704. The number of nitrogens with one attached hydrogen (secondary N) is 1. The van der Waals surface area contributed by atoms with Crippen LogP contribution >= 0.6 is 0 Å². The van der Waals surface area contributed by atoms with Gasteiger partial charge in [0, 0.05) is 13.0 Å². The summed E-state index contributed by atoms with van der Waals surface area (Å²) in [5.74, 6) is 1.11. The van der Waals surface area contributed by atoms with Crippen LogP contribution in [0.25, 0.3) is 0 Å². The van der Waals surface area contributed by atoms with Crippen molar-refractivity contribution in [3.05, 3.63) is 46.0 Å². The molecule has 0 aliphatic carbocycles. The summed E-state index contributed by atoms with van der Waals surface area (Å²) in [5.41, 5.74) is 0.476. The number of aliphatic hydroxyl groups is 1. The number of aromatic hydroxyl groups is 1. The molecule has 0 unspecified atom stereocenters. The Balaban J connectivity index is 2.08. The van der Waals surface area contributed by atoms with E-state index in [1.165, 1.54) is 0 Å². The van der Waals surface area contributed by atoms with Crippen molar-refractivity contribution in [2.45, 2.75) is 32.4 Å². The van der Waals surface area contributed by atoms with E-state index in [1.807, 2.05) is 0 Å². The Morgan fingerprint density at radius 3 is 2.86 bits per heavy atom. The molecule has 2 aromatic rings. The van der Waals surface area contributed by atoms with Crippen LogP contribution in [0.15, 0.2) is 29.1 Å². The van der Waals surface area contributed by atoms with Gasteiger partial charge in [-0.1, -0.05) is 12.1 Å². The standard InChI is InChI=1S/C15H17N3O3/c19-9-10-14(16-11-5-1-2-6-12(11)20)17-13-7-3-4-8-18(13)15(10)21/h1-2,5-6,16,19-20H,3-4,7-9H2. The highest BCUT2D eigenvalue weighted by Crippen LogP contribution is 2.26. The maximum absolute atomic E-state index is 12.4. The van der Waals surface area contributed by atoms with Crippen molar-refractivity contribution in [1.82, 2.24) is 9.55 Å². The van der Waals surface area contributed by atoms with Crippen LogP contribution in [0.2, 0.25) is 0 Å². The molecular formula is C15H17N3O3. The Labute approximate surface area is 121 Å². The van der Waals surface area contributed by atoms with Gasteiger partial charge < -0.3 is 15.5 Å². The molecule has 0 spiro atoms. The molecule has 21 heavy (non-hydrogen) atoms. The number of fused-ring (bicyclic) bond motifs is 1. The van der Waals surface area contributed by atoms with Gasteiger partial charge >= 0.3 is 0 Å². The zero-order valence-electron chi connectivity index (χ0n) is 11.5. The van der Waals surface area contributed by atoms with Crippen molar-refractivity contribution in [3.63, 3.8) is 0 Å². The van der Waals surface area contributed by atoms with E-state index < -0.39 is 0 Å². The van der Waals surface area contributed by atoms with Crippen molar-refractivity contribution in [2.75, 3.05) is 5.32 Å². The monoisotopic (exact) mass is 287 g/mol. The first kappa shape index (κ1) is 13.6. The fourth-order valence-corrected chi connectivity index (χ4v) is 2.57. The summed E-state index contributed by atoms with van der Waals surface area (Å²) < 4.78 is 1.63. The Morgan fingerprint density at radius 1 is 1.29 bits per heavy atom. The zero-order valence-corrected chi connectivity index (χ0v) is 11.5. The summed E-state index contributed by atoms with van der Waals surface area (Å²) in [5, 5.41) is 22.2. The van der Waals surface area contributed by atoms with Gasteiger partial charge in [0.05, 0.1) is 17.9 Å². The first-order valence-electron chi connectivity index (χ1n) is 6.99. The average molecular weight is 287 g/mol. The number of rotatable bonds is 3. The largest absolute Gasteiger partial charge is 0.506 e. The van der Waals surface area contributed by atoms with Crippen molar-refractivity contribution in [2.24, 2.45) is 0 Å². The Hall–Kier alpha value is -2.34. The third-order valence-corrected chi connectivity index (χ3v) is 3.69. The number of hydrogen-bond acceptors (Lipinski definition) is 5. The van der Waals surface area contributed by atoms with Gasteiger partial charge in [-0.3, -0.25) is 9.36 Å². The van der Waals surface area contributed by atoms with Gasteiger partial charge in [-0.25, -0.2) is 4.98 Å². The number of phenolic OH excluding ortho intramolecular Hbond substituents is 1. The van der Waals surface area contributed by atoms with Gasteiger partial charge in [0.1, 0.15) is 17.4 Å². The summed E-state index contributed by atoms with van der Waals surface area (Å²) in [6, 6.07) is 6.72. The normalized spacial score (nSPS) is 13.8. The maximum atomic E-state index is 12.4. The molecule has 0 radical (unpaired) electrons. The van der Waals surface area contributed by atoms with Crippen LogP contribution in [0.1, 0.15) is 24.2 Å². The van der Waals surface area contributed by atoms with Gasteiger partial charge in [-0.05, 0) is 25.0 Å². The number of phenols is 1. The van der Waals surface area contributed by atoms with Crippen LogP contribution in [0.3, 0.4) is 0 Å². The quantitative estimate of drug-likeness (QED) is 0.745. The molecule has 1 aromatic carbocycles. The van der Waals surface area contributed by atoms with Gasteiger partial charge in [0.2, 0.25) is 0 Å². The summed E-state index contributed by atoms with van der Waals surface area (Å²) in [4.78, 5) is 16.9. The van der Waals surface area contributed by atoms with Crippen LogP contribution in [-0.2, 0) is 19.6 Å². The molecule has 1 aromatic heterocycles. The van der Waals surface area contributed by atoms with E-state index in [-0.39, 0.29) is 23.5 Å². The number of anilines is 2. The molecule has 3 N–H and O–H groups in total. The highest BCUT2D eigenvalue weighted by Gasteiger charge is 2.19. The molecule has 0 atom stereocenters. The van der Waals surface area contributed by atoms with E-state index in [1.54, 1.807) is 28.8 Å². The lowest BCUT2D eigenvalue weighted by Gasteiger charge is -2.20. The second-order valence-electron chi connectivity index (χ2n) is 5.07. The van der Waals surface area contributed by atoms with Crippen molar-refractivity contribution in [3.8, 4) is 5.75 Å². The van der Waals surface area contributed by atoms with Gasteiger partial charge in [-0.15, -0.1) is 0 Å². The Bertz CT molecular complexity index is 725. The number of aryl methyl sites for hydroxylation is 1. The molecule has 0 saturated carbocycles. The molecule has 0 saturated heterocycles. The van der Waals surface area contributed by atoms with Crippen LogP contribution < -0.4 is 10.9 Å². The van der Waals surface area contributed by atoms with Gasteiger partial charge in [0.25, 0.3) is 5.56 Å². The molecule has 6 nitrogen and oxygen atoms in total. The lowest BCUT2D eigenvalue weighted by Crippen LogP contribution is -2.31. The van der Waals surface area contributed by atoms with Crippen LogP contribution in [0.4, 0.5) is 11.5 Å². The number of aliphatic hydroxyl groups excluding tert-OH is 1. The first-order chi connectivity index (χ1) is 10.2. The lowest BCUT2D eigenvalue weighted by molar-refractivity contribution is 0.278. The predicted octanol–water partition coefficient (Wildman–Crippen LogP) is 1.52. The topological polar surface area (TPSA) is 87.4 Å². The molecule has 1 aliphatic heterocycles. The van der Waals surface area contributed by atoms with E-state index in [0.717, 1.165) is 25.1 Å². The van der Waals surface area contributed by atoms with Crippen molar-refractivity contribution in [1.29, 1.82) is 0 Å². The number of hydrogen-bond donors (Lipinski definition) is 3. The van der Waals surface area contributed by atoms with E-state index in [4.69, 9.17) is 0 Å². The van der Waals surface area contributed by atoms with Crippen LogP contribution in [0.5, 0.6) is 5.75 Å². The van der Waals surface area contributed by atoms with Crippen molar-refractivity contribution < 1.29 is 10.2 Å². The number of aromatic nitrogens is 2. The van der Waals surface area contributed by atoms with E-state index >= 15 is 0 Å². The summed E-state index contributed by atoms with van der Waals surface area (Å²) in [7, 11) is 0. The molecule has 0 bridgehead atoms. The predicted molar refractivity (Wildman–Crippen MR) is 78.7 cm³/mol. The maximum Gasteiger partial charge on any atom is 0.261 e. The molecule has 3 rings (SSSR count).